The quantitative estimate of drug-likeness (QED) is 0.850. The van der Waals surface area contributed by atoms with Crippen molar-refractivity contribution in [3.63, 3.8) is 0 Å². The number of hydrogen-bond acceptors (Lipinski definition) is 5. The summed E-state index contributed by atoms with van der Waals surface area (Å²) in [5.41, 5.74) is 1.10. The van der Waals surface area contributed by atoms with Crippen LogP contribution in [0.15, 0.2) is 34.9 Å². The number of ether oxygens (including phenoxy) is 1. The van der Waals surface area contributed by atoms with Gasteiger partial charge in [0, 0.05) is 12.6 Å². The predicted molar refractivity (Wildman–Crippen MR) is 88.6 cm³/mol. The molecule has 0 aliphatic carbocycles. The van der Waals surface area contributed by atoms with Crippen molar-refractivity contribution in [3.8, 4) is 5.75 Å². The molecule has 1 atom stereocenters. The van der Waals surface area contributed by atoms with Crippen LogP contribution in [0.1, 0.15) is 18.2 Å². The summed E-state index contributed by atoms with van der Waals surface area (Å²) in [5, 5.41) is 6.49. The zero-order valence-corrected chi connectivity index (χ0v) is 14.0. The Balaban J connectivity index is 1.79. The number of aryl methyl sites for hydroxylation is 2. The summed E-state index contributed by atoms with van der Waals surface area (Å²) in [5.74, 6) is 1.84. The average molecular weight is 317 g/mol. The Bertz CT molecular complexity index is 654. The molecule has 0 aliphatic rings. The van der Waals surface area contributed by atoms with E-state index in [9.17, 15) is 4.79 Å². The van der Waals surface area contributed by atoms with Crippen LogP contribution in [-0.4, -0.2) is 42.2 Å². The van der Waals surface area contributed by atoms with E-state index in [0.717, 1.165) is 11.3 Å². The van der Waals surface area contributed by atoms with Crippen LogP contribution >= 0.6 is 0 Å². The van der Waals surface area contributed by atoms with E-state index in [-0.39, 0.29) is 11.9 Å². The predicted octanol–water partition coefficient (Wildman–Crippen LogP) is 2.63. The van der Waals surface area contributed by atoms with Gasteiger partial charge in [-0.3, -0.25) is 9.69 Å². The van der Waals surface area contributed by atoms with Crippen LogP contribution in [0.3, 0.4) is 0 Å². The van der Waals surface area contributed by atoms with Crippen LogP contribution in [0, 0.1) is 13.8 Å². The van der Waals surface area contributed by atoms with E-state index in [0.29, 0.717) is 24.7 Å². The number of amides is 1. The molecule has 1 aromatic carbocycles. The molecule has 0 bridgehead atoms. The summed E-state index contributed by atoms with van der Waals surface area (Å²) >= 11 is 0. The first-order valence-electron chi connectivity index (χ1n) is 7.60. The first-order chi connectivity index (χ1) is 11.0. The maximum Gasteiger partial charge on any atom is 0.242 e. The van der Waals surface area contributed by atoms with E-state index >= 15 is 0 Å². The molecule has 6 nitrogen and oxygen atoms in total. The fourth-order valence-electron chi connectivity index (χ4n) is 2.07. The number of carbonyl (C=O) groups excluding carboxylic acids is 1. The second-order valence-corrected chi connectivity index (χ2v) is 5.58. The molecule has 1 amide bonds. The van der Waals surface area contributed by atoms with Crippen molar-refractivity contribution in [3.05, 3.63) is 41.7 Å². The normalized spacial score (nSPS) is 12.2. The van der Waals surface area contributed by atoms with Crippen molar-refractivity contribution >= 4 is 11.7 Å². The number of aromatic nitrogens is 1. The zero-order valence-electron chi connectivity index (χ0n) is 14.0. The van der Waals surface area contributed by atoms with Gasteiger partial charge >= 0.3 is 0 Å². The van der Waals surface area contributed by atoms with Gasteiger partial charge in [-0.25, -0.2) is 0 Å². The lowest BCUT2D eigenvalue weighted by atomic mass is 10.2. The topological polar surface area (TPSA) is 67.6 Å². The number of carbonyl (C=O) groups is 1. The van der Waals surface area contributed by atoms with E-state index in [1.165, 1.54) is 0 Å². The lowest BCUT2D eigenvalue weighted by Crippen LogP contribution is -2.41. The first-order valence-corrected chi connectivity index (χ1v) is 7.60. The summed E-state index contributed by atoms with van der Waals surface area (Å²) in [4.78, 5) is 14.1. The van der Waals surface area contributed by atoms with Gasteiger partial charge in [0.1, 0.15) is 18.1 Å². The van der Waals surface area contributed by atoms with Gasteiger partial charge in [0.05, 0.1) is 6.04 Å². The molecular formula is C17H23N3O3. The minimum absolute atomic E-state index is 0.128. The summed E-state index contributed by atoms with van der Waals surface area (Å²) in [7, 11) is 1.89. The Labute approximate surface area is 136 Å². The molecule has 1 unspecified atom stereocenters. The number of likely N-dealkylation sites (N-methyl/N-ethyl adjacent to an activating group) is 1. The summed E-state index contributed by atoms with van der Waals surface area (Å²) in [6.45, 7) is 6.79. The fraction of sp³-hybridized carbons (Fsp3) is 0.412. The number of anilines is 1. The molecular weight excluding hydrogens is 294 g/mol. The van der Waals surface area contributed by atoms with Gasteiger partial charge in [-0.2, -0.15) is 0 Å². The van der Waals surface area contributed by atoms with E-state index in [2.05, 4.69) is 10.5 Å². The van der Waals surface area contributed by atoms with Crippen LogP contribution in [0.2, 0.25) is 0 Å². The van der Waals surface area contributed by atoms with Crippen LogP contribution < -0.4 is 10.1 Å². The Kier molecular flexibility index (Phi) is 5.76. The van der Waals surface area contributed by atoms with Crippen molar-refractivity contribution in [1.29, 1.82) is 0 Å². The Hall–Kier alpha value is -2.34. The Morgan fingerprint density at radius 3 is 2.78 bits per heavy atom. The van der Waals surface area contributed by atoms with Crippen molar-refractivity contribution in [2.24, 2.45) is 0 Å². The number of nitrogens with one attached hydrogen (secondary N) is 1. The molecule has 1 N–H and O–H groups in total. The van der Waals surface area contributed by atoms with Crippen molar-refractivity contribution in [1.82, 2.24) is 10.1 Å². The number of rotatable bonds is 7. The lowest BCUT2D eigenvalue weighted by molar-refractivity contribution is -0.120. The van der Waals surface area contributed by atoms with E-state index in [1.807, 2.05) is 50.1 Å². The van der Waals surface area contributed by atoms with Crippen LogP contribution in [0.25, 0.3) is 0 Å². The molecule has 0 saturated carbocycles. The molecule has 2 aromatic rings. The van der Waals surface area contributed by atoms with Gasteiger partial charge in [-0.1, -0.05) is 23.4 Å². The summed E-state index contributed by atoms with van der Waals surface area (Å²) < 4.78 is 10.7. The third-order valence-electron chi connectivity index (χ3n) is 3.71. The maximum absolute atomic E-state index is 12.2. The minimum atomic E-state index is -0.299. The number of hydrogen-bond donors (Lipinski definition) is 1. The Morgan fingerprint density at radius 1 is 1.39 bits per heavy atom. The van der Waals surface area contributed by atoms with Gasteiger partial charge < -0.3 is 14.6 Å². The molecule has 0 saturated heterocycles. The molecule has 0 radical (unpaired) electrons. The highest BCUT2D eigenvalue weighted by atomic mass is 16.5. The van der Waals surface area contributed by atoms with Gasteiger partial charge in [-0.05, 0) is 39.4 Å². The summed E-state index contributed by atoms with van der Waals surface area (Å²) in [6, 6.07) is 9.26. The molecule has 23 heavy (non-hydrogen) atoms. The zero-order chi connectivity index (χ0) is 16.8. The average Bonchev–Trinajstić information content (AvgIpc) is 2.93. The molecule has 124 valence electrons. The third kappa shape index (κ3) is 4.82. The monoisotopic (exact) mass is 317 g/mol. The highest BCUT2D eigenvalue weighted by molar-refractivity contribution is 5.93. The second-order valence-electron chi connectivity index (χ2n) is 5.58. The molecule has 0 fully saturated rings. The van der Waals surface area contributed by atoms with Gasteiger partial charge in [0.15, 0.2) is 5.82 Å². The molecule has 6 heteroatoms. The smallest absolute Gasteiger partial charge is 0.242 e. The minimum Gasteiger partial charge on any atom is -0.492 e. The summed E-state index contributed by atoms with van der Waals surface area (Å²) in [6.07, 6.45) is 0. The molecule has 2 rings (SSSR count). The lowest BCUT2D eigenvalue weighted by Gasteiger charge is -2.23. The van der Waals surface area contributed by atoms with Crippen LogP contribution in [0.5, 0.6) is 5.75 Å². The fourth-order valence-corrected chi connectivity index (χ4v) is 2.07. The molecule has 1 heterocycles. The van der Waals surface area contributed by atoms with Crippen molar-refractivity contribution in [2.75, 3.05) is 25.5 Å². The number of benzene rings is 1. The molecule has 1 aromatic heterocycles. The van der Waals surface area contributed by atoms with Crippen molar-refractivity contribution in [2.45, 2.75) is 26.8 Å². The second kappa shape index (κ2) is 7.78. The van der Waals surface area contributed by atoms with E-state index in [4.69, 9.17) is 9.26 Å². The standard InChI is InChI=1S/C17H23N3O3/c1-12-7-5-6-8-15(12)22-10-9-20(4)14(3)17(21)18-16-11-13(2)23-19-16/h5-8,11,14H,9-10H2,1-4H3,(H,18,19,21). The van der Waals surface area contributed by atoms with Gasteiger partial charge in [-0.15, -0.1) is 0 Å². The first kappa shape index (κ1) is 17.0. The molecule has 0 aliphatic heterocycles. The van der Waals surface area contributed by atoms with Crippen molar-refractivity contribution < 1.29 is 14.1 Å². The molecule has 0 spiro atoms. The van der Waals surface area contributed by atoms with Gasteiger partial charge in [0.2, 0.25) is 5.91 Å². The highest BCUT2D eigenvalue weighted by Crippen LogP contribution is 2.16. The maximum atomic E-state index is 12.2. The van der Waals surface area contributed by atoms with E-state index in [1.54, 1.807) is 13.0 Å². The van der Waals surface area contributed by atoms with Crippen LogP contribution in [-0.2, 0) is 4.79 Å². The highest BCUT2D eigenvalue weighted by Gasteiger charge is 2.19. The number of nitrogens with zero attached hydrogens (tertiary/aromatic N) is 2. The van der Waals surface area contributed by atoms with Gasteiger partial charge in [0.25, 0.3) is 0 Å². The Morgan fingerprint density at radius 2 is 2.13 bits per heavy atom. The third-order valence-corrected chi connectivity index (χ3v) is 3.71. The number of para-hydroxylation sites is 1. The van der Waals surface area contributed by atoms with Crippen LogP contribution in [0.4, 0.5) is 5.82 Å². The van der Waals surface area contributed by atoms with E-state index < -0.39 is 0 Å². The SMILES string of the molecule is Cc1cc(NC(=O)C(C)N(C)CCOc2ccccc2C)no1. The largest absolute Gasteiger partial charge is 0.492 e.